The first-order valence-corrected chi connectivity index (χ1v) is 6.72. The molecule has 2 heteroatoms. The summed E-state index contributed by atoms with van der Waals surface area (Å²) >= 11 is 2.00. The van der Waals surface area contributed by atoms with Crippen LogP contribution in [0.5, 0.6) is 0 Å². The Balaban J connectivity index is 2.16. The van der Waals surface area contributed by atoms with Gasteiger partial charge in [0.1, 0.15) is 0 Å². The van der Waals surface area contributed by atoms with E-state index in [-0.39, 0.29) is 0 Å². The number of hydrogen-bond acceptors (Lipinski definition) is 2. The van der Waals surface area contributed by atoms with Gasteiger partial charge in [-0.3, -0.25) is 0 Å². The SMILES string of the molecule is CCSCCC(CO)C1CCCC1. The molecule has 1 rings (SSSR count). The number of aliphatic hydroxyl groups is 1. The van der Waals surface area contributed by atoms with Crippen LogP contribution >= 0.6 is 11.8 Å². The lowest BCUT2D eigenvalue weighted by Gasteiger charge is -2.20. The first-order valence-electron chi connectivity index (χ1n) is 5.57. The molecule has 1 fully saturated rings. The fourth-order valence-electron chi connectivity index (χ4n) is 2.28. The molecular formula is C11H22OS. The van der Waals surface area contributed by atoms with E-state index in [1.165, 1.54) is 43.6 Å². The third kappa shape index (κ3) is 3.90. The molecule has 1 aliphatic rings. The zero-order valence-electron chi connectivity index (χ0n) is 8.67. The highest BCUT2D eigenvalue weighted by Gasteiger charge is 2.23. The van der Waals surface area contributed by atoms with Crippen molar-refractivity contribution in [2.75, 3.05) is 18.1 Å². The van der Waals surface area contributed by atoms with Crippen molar-refractivity contribution in [1.82, 2.24) is 0 Å². The summed E-state index contributed by atoms with van der Waals surface area (Å²) in [5.41, 5.74) is 0. The summed E-state index contributed by atoms with van der Waals surface area (Å²) in [6.45, 7) is 2.61. The maximum atomic E-state index is 9.28. The fraction of sp³-hybridized carbons (Fsp3) is 1.00. The van der Waals surface area contributed by atoms with Crippen molar-refractivity contribution in [2.45, 2.75) is 39.0 Å². The topological polar surface area (TPSA) is 20.2 Å². The van der Waals surface area contributed by atoms with Gasteiger partial charge in [-0.2, -0.15) is 11.8 Å². The lowest BCUT2D eigenvalue weighted by molar-refractivity contribution is 0.173. The normalized spacial score (nSPS) is 20.8. The standard InChI is InChI=1S/C11H22OS/c1-2-13-8-7-11(9-12)10-5-3-4-6-10/h10-12H,2-9H2,1H3. The van der Waals surface area contributed by atoms with E-state index in [0.717, 1.165) is 5.92 Å². The van der Waals surface area contributed by atoms with Gasteiger partial charge in [-0.1, -0.05) is 32.6 Å². The molecule has 1 aliphatic carbocycles. The number of hydrogen-bond donors (Lipinski definition) is 1. The van der Waals surface area contributed by atoms with Crippen LogP contribution in [0.1, 0.15) is 39.0 Å². The summed E-state index contributed by atoms with van der Waals surface area (Å²) in [5, 5.41) is 9.28. The minimum absolute atomic E-state index is 0.412. The van der Waals surface area contributed by atoms with Crippen LogP contribution in [0.4, 0.5) is 0 Å². The molecule has 1 atom stereocenters. The lowest BCUT2D eigenvalue weighted by Crippen LogP contribution is -2.16. The van der Waals surface area contributed by atoms with Crippen molar-refractivity contribution in [3.63, 3.8) is 0 Å². The maximum absolute atomic E-state index is 9.28. The predicted molar refractivity (Wildman–Crippen MR) is 60.1 cm³/mol. The molecule has 0 radical (unpaired) electrons. The lowest BCUT2D eigenvalue weighted by atomic mass is 9.89. The third-order valence-corrected chi connectivity index (χ3v) is 4.07. The Morgan fingerprint density at radius 1 is 1.38 bits per heavy atom. The van der Waals surface area contributed by atoms with Crippen molar-refractivity contribution < 1.29 is 5.11 Å². The Bertz CT molecular complexity index is 121. The van der Waals surface area contributed by atoms with Crippen molar-refractivity contribution in [2.24, 2.45) is 11.8 Å². The number of thioether (sulfide) groups is 1. The first kappa shape index (κ1) is 11.4. The van der Waals surface area contributed by atoms with Gasteiger partial charge in [-0.15, -0.1) is 0 Å². The largest absolute Gasteiger partial charge is 0.396 e. The van der Waals surface area contributed by atoms with Gasteiger partial charge < -0.3 is 5.11 Å². The van der Waals surface area contributed by atoms with E-state index in [2.05, 4.69) is 6.92 Å². The van der Waals surface area contributed by atoms with Gasteiger partial charge in [0.2, 0.25) is 0 Å². The van der Waals surface area contributed by atoms with Crippen molar-refractivity contribution in [1.29, 1.82) is 0 Å². The minimum Gasteiger partial charge on any atom is -0.396 e. The molecule has 13 heavy (non-hydrogen) atoms. The van der Waals surface area contributed by atoms with Gasteiger partial charge in [-0.25, -0.2) is 0 Å². The van der Waals surface area contributed by atoms with Crippen molar-refractivity contribution in [3.05, 3.63) is 0 Å². The average molecular weight is 202 g/mol. The summed E-state index contributed by atoms with van der Waals surface area (Å²) in [7, 11) is 0. The number of rotatable bonds is 6. The van der Waals surface area contributed by atoms with Crippen LogP contribution < -0.4 is 0 Å². The maximum Gasteiger partial charge on any atom is 0.0462 e. The smallest absolute Gasteiger partial charge is 0.0462 e. The van der Waals surface area contributed by atoms with Crippen molar-refractivity contribution in [3.8, 4) is 0 Å². The quantitative estimate of drug-likeness (QED) is 0.668. The van der Waals surface area contributed by atoms with Crippen LogP contribution in [0, 0.1) is 11.8 Å². The van der Waals surface area contributed by atoms with Gasteiger partial charge in [0.05, 0.1) is 0 Å². The van der Waals surface area contributed by atoms with Crippen LogP contribution in [0.3, 0.4) is 0 Å². The highest BCUT2D eigenvalue weighted by atomic mass is 32.2. The molecule has 1 saturated carbocycles. The van der Waals surface area contributed by atoms with Gasteiger partial charge in [0, 0.05) is 6.61 Å². The third-order valence-electron chi connectivity index (χ3n) is 3.14. The van der Waals surface area contributed by atoms with Crippen LogP contribution in [-0.4, -0.2) is 23.2 Å². The highest BCUT2D eigenvalue weighted by Crippen LogP contribution is 2.33. The van der Waals surface area contributed by atoms with E-state index >= 15 is 0 Å². The van der Waals surface area contributed by atoms with E-state index in [1.54, 1.807) is 0 Å². The average Bonchev–Trinajstić information content (AvgIpc) is 2.65. The summed E-state index contributed by atoms with van der Waals surface area (Å²) in [4.78, 5) is 0. The molecule has 0 bridgehead atoms. The van der Waals surface area contributed by atoms with Crippen LogP contribution in [0.25, 0.3) is 0 Å². The zero-order chi connectivity index (χ0) is 9.52. The summed E-state index contributed by atoms with van der Waals surface area (Å²) in [6, 6.07) is 0. The molecule has 0 aliphatic heterocycles. The second-order valence-electron chi connectivity index (χ2n) is 3.97. The molecule has 1 N–H and O–H groups in total. The van der Waals surface area contributed by atoms with Gasteiger partial charge in [-0.05, 0) is 29.8 Å². The molecule has 0 saturated heterocycles. The van der Waals surface area contributed by atoms with Gasteiger partial charge >= 0.3 is 0 Å². The summed E-state index contributed by atoms with van der Waals surface area (Å²) in [6.07, 6.45) is 6.73. The van der Waals surface area contributed by atoms with Crippen molar-refractivity contribution >= 4 is 11.8 Å². The molecule has 0 amide bonds. The van der Waals surface area contributed by atoms with E-state index in [0.29, 0.717) is 12.5 Å². The molecule has 0 aromatic heterocycles. The predicted octanol–water partition coefficient (Wildman–Crippen LogP) is 2.93. The molecule has 78 valence electrons. The first-order chi connectivity index (χ1) is 6.38. The molecule has 1 nitrogen and oxygen atoms in total. The number of aliphatic hydroxyl groups excluding tert-OH is 1. The van der Waals surface area contributed by atoms with Gasteiger partial charge in [0.25, 0.3) is 0 Å². The fourth-order valence-corrected chi connectivity index (χ4v) is 3.04. The molecule has 0 aromatic rings. The Kier molecular flexibility index (Phi) is 5.88. The molecule has 0 heterocycles. The molecular weight excluding hydrogens is 180 g/mol. The Morgan fingerprint density at radius 2 is 2.08 bits per heavy atom. The van der Waals surface area contributed by atoms with E-state index in [4.69, 9.17) is 0 Å². The summed E-state index contributed by atoms with van der Waals surface area (Å²) < 4.78 is 0. The van der Waals surface area contributed by atoms with E-state index < -0.39 is 0 Å². The molecule has 0 aromatic carbocycles. The van der Waals surface area contributed by atoms with E-state index in [9.17, 15) is 5.11 Å². The second kappa shape index (κ2) is 6.72. The summed E-state index contributed by atoms with van der Waals surface area (Å²) in [5.74, 6) is 3.88. The van der Waals surface area contributed by atoms with Crippen LogP contribution in [0.15, 0.2) is 0 Å². The Hall–Kier alpha value is 0.310. The van der Waals surface area contributed by atoms with Crippen LogP contribution in [0.2, 0.25) is 0 Å². The van der Waals surface area contributed by atoms with Crippen LogP contribution in [-0.2, 0) is 0 Å². The van der Waals surface area contributed by atoms with E-state index in [1.807, 2.05) is 11.8 Å². The minimum atomic E-state index is 0.412. The zero-order valence-corrected chi connectivity index (χ0v) is 9.48. The molecule has 1 unspecified atom stereocenters. The monoisotopic (exact) mass is 202 g/mol. The highest BCUT2D eigenvalue weighted by molar-refractivity contribution is 7.99. The molecule has 0 spiro atoms. The Morgan fingerprint density at radius 3 is 2.62 bits per heavy atom. The Labute approximate surface area is 86.3 Å². The second-order valence-corrected chi connectivity index (χ2v) is 5.37. The van der Waals surface area contributed by atoms with Gasteiger partial charge in [0.15, 0.2) is 0 Å².